The van der Waals surface area contributed by atoms with Gasteiger partial charge >= 0.3 is 6.03 Å². The van der Waals surface area contributed by atoms with Crippen LogP contribution in [0.4, 0.5) is 9.18 Å². The van der Waals surface area contributed by atoms with Crippen LogP contribution in [0.5, 0.6) is 0 Å². The molecule has 1 aliphatic rings. The molecule has 9 heteroatoms. The molecule has 2 aromatic heterocycles. The van der Waals surface area contributed by atoms with Crippen molar-refractivity contribution in [3.05, 3.63) is 69.3 Å². The average molecular weight is 414 g/mol. The van der Waals surface area contributed by atoms with Gasteiger partial charge in [0.15, 0.2) is 4.96 Å². The van der Waals surface area contributed by atoms with Gasteiger partial charge in [0.2, 0.25) is 0 Å². The molecule has 0 spiro atoms. The van der Waals surface area contributed by atoms with E-state index in [-0.39, 0.29) is 12.1 Å². The Morgan fingerprint density at radius 1 is 1.21 bits per heavy atom. The minimum Gasteiger partial charge on any atom is -0.319 e. The summed E-state index contributed by atoms with van der Waals surface area (Å²) in [7, 11) is 0. The predicted molar refractivity (Wildman–Crippen MR) is 106 cm³/mol. The molecule has 7 nitrogen and oxygen atoms in total. The van der Waals surface area contributed by atoms with Crippen LogP contribution < -0.4 is 10.9 Å². The molecule has 1 saturated heterocycles. The van der Waals surface area contributed by atoms with E-state index < -0.39 is 23.3 Å². The second kappa shape index (κ2) is 7.40. The van der Waals surface area contributed by atoms with Crippen molar-refractivity contribution in [2.45, 2.75) is 38.3 Å². The van der Waals surface area contributed by atoms with E-state index >= 15 is 0 Å². The van der Waals surface area contributed by atoms with Crippen LogP contribution in [0.2, 0.25) is 0 Å². The van der Waals surface area contributed by atoms with Gasteiger partial charge in [-0.25, -0.2) is 14.2 Å². The van der Waals surface area contributed by atoms with Gasteiger partial charge in [-0.1, -0.05) is 31.9 Å². The van der Waals surface area contributed by atoms with Gasteiger partial charge in [0.25, 0.3) is 11.5 Å². The predicted octanol–water partition coefficient (Wildman–Crippen LogP) is 3.03. The maximum atomic E-state index is 13.4. The fourth-order valence-corrected chi connectivity index (χ4v) is 4.32. The van der Waals surface area contributed by atoms with Gasteiger partial charge in [-0.3, -0.25) is 18.9 Å². The lowest BCUT2D eigenvalue weighted by Gasteiger charge is -2.27. The number of aromatic nitrogens is 2. The minimum atomic E-state index is -1.25. The van der Waals surface area contributed by atoms with E-state index in [1.165, 1.54) is 46.1 Å². The Morgan fingerprint density at radius 3 is 2.69 bits per heavy atom. The number of benzene rings is 1. The highest BCUT2D eigenvalue weighted by Gasteiger charge is 2.51. The molecular weight excluding hydrogens is 395 g/mol. The van der Waals surface area contributed by atoms with E-state index in [1.54, 1.807) is 11.6 Å². The van der Waals surface area contributed by atoms with E-state index in [2.05, 4.69) is 10.3 Å². The highest BCUT2D eigenvalue weighted by Crippen LogP contribution is 2.35. The number of fused-ring (bicyclic) bond motifs is 1. The molecule has 0 saturated carbocycles. The van der Waals surface area contributed by atoms with Gasteiger partial charge in [-0.2, -0.15) is 0 Å². The summed E-state index contributed by atoms with van der Waals surface area (Å²) in [4.78, 5) is 44.3. The molecule has 0 bridgehead atoms. The molecule has 29 heavy (non-hydrogen) atoms. The van der Waals surface area contributed by atoms with Crippen molar-refractivity contribution in [1.29, 1.82) is 0 Å². The number of thiazole rings is 1. The Kier molecular flexibility index (Phi) is 4.91. The fraction of sp³-hybridized carbons (Fsp3) is 0.300. The zero-order valence-electron chi connectivity index (χ0n) is 15.7. The van der Waals surface area contributed by atoms with E-state index in [1.807, 2.05) is 6.92 Å². The zero-order valence-corrected chi connectivity index (χ0v) is 16.5. The van der Waals surface area contributed by atoms with Crippen molar-refractivity contribution in [1.82, 2.24) is 19.6 Å². The van der Waals surface area contributed by atoms with E-state index in [4.69, 9.17) is 0 Å². The number of amides is 3. The average Bonchev–Trinajstić information content (AvgIpc) is 3.26. The second-order valence-corrected chi connectivity index (χ2v) is 7.85. The van der Waals surface area contributed by atoms with E-state index in [0.29, 0.717) is 29.1 Å². The number of nitrogens with one attached hydrogen (secondary N) is 1. The molecule has 150 valence electrons. The molecular formula is C20H19FN4O3S. The SMILES string of the molecule is CCCC[C@]1(c2ccc(F)cc2)NC(=O)N(Cc2cc(=O)n3ccsc3n2)C1=O. The van der Waals surface area contributed by atoms with Crippen LogP contribution >= 0.6 is 11.3 Å². The number of halogens is 1. The van der Waals surface area contributed by atoms with Crippen molar-refractivity contribution < 1.29 is 14.0 Å². The lowest BCUT2D eigenvalue weighted by atomic mass is 9.84. The van der Waals surface area contributed by atoms with Gasteiger partial charge in [0.1, 0.15) is 11.4 Å². The minimum absolute atomic E-state index is 0.108. The molecule has 0 radical (unpaired) electrons. The first-order valence-corrected chi connectivity index (χ1v) is 10.2. The molecule has 1 aliphatic heterocycles. The van der Waals surface area contributed by atoms with Crippen molar-refractivity contribution in [3.63, 3.8) is 0 Å². The highest BCUT2D eigenvalue weighted by molar-refractivity contribution is 7.15. The van der Waals surface area contributed by atoms with Crippen molar-refractivity contribution >= 4 is 28.2 Å². The lowest BCUT2D eigenvalue weighted by molar-refractivity contribution is -0.132. The van der Waals surface area contributed by atoms with E-state index in [0.717, 1.165) is 11.3 Å². The van der Waals surface area contributed by atoms with Crippen LogP contribution in [-0.2, 0) is 16.9 Å². The monoisotopic (exact) mass is 414 g/mol. The Labute approximate surface area is 169 Å². The second-order valence-electron chi connectivity index (χ2n) is 6.98. The van der Waals surface area contributed by atoms with Crippen LogP contribution in [0.3, 0.4) is 0 Å². The number of unbranched alkanes of at least 4 members (excludes halogenated alkanes) is 1. The molecule has 1 atom stereocenters. The summed E-state index contributed by atoms with van der Waals surface area (Å²) in [5.41, 5.74) is -0.640. The first-order chi connectivity index (χ1) is 13.9. The van der Waals surface area contributed by atoms with E-state index in [9.17, 15) is 18.8 Å². The molecule has 0 aliphatic carbocycles. The third-order valence-corrected chi connectivity index (χ3v) is 5.85. The molecule has 4 rings (SSSR count). The van der Waals surface area contributed by atoms with Gasteiger partial charge in [0.05, 0.1) is 12.2 Å². The van der Waals surface area contributed by atoms with Crippen molar-refractivity contribution in [2.24, 2.45) is 0 Å². The summed E-state index contributed by atoms with van der Waals surface area (Å²) < 4.78 is 14.8. The number of hydrogen-bond donors (Lipinski definition) is 1. The first-order valence-electron chi connectivity index (χ1n) is 9.30. The topological polar surface area (TPSA) is 83.8 Å². The third kappa shape index (κ3) is 3.31. The summed E-state index contributed by atoms with van der Waals surface area (Å²) in [5, 5.41) is 4.55. The van der Waals surface area contributed by atoms with Crippen LogP contribution in [0.25, 0.3) is 4.96 Å². The molecule has 3 amide bonds. The van der Waals surface area contributed by atoms with Gasteiger partial charge in [0, 0.05) is 17.6 Å². The Balaban J connectivity index is 1.69. The number of carbonyl (C=O) groups excluding carboxylic acids is 2. The number of imide groups is 1. The van der Waals surface area contributed by atoms with Gasteiger partial charge in [-0.15, -0.1) is 11.3 Å². The van der Waals surface area contributed by atoms with Crippen molar-refractivity contribution in [2.75, 3.05) is 0 Å². The number of hydrogen-bond acceptors (Lipinski definition) is 5. The molecule has 0 unspecified atom stereocenters. The number of nitrogens with zero attached hydrogens (tertiary/aromatic N) is 3. The molecule has 1 fully saturated rings. The standard InChI is InChI=1S/C20H19FN4O3S/c1-2-3-8-20(13-4-6-14(21)7-5-13)17(27)25(18(28)23-20)12-15-11-16(26)24-9-10-29-19(24)22-15/h4-7,9-11H,2-3,8,12H2,1H3,(H,23,28)/t20-/m1/s1. The van der Waals surface area contributed by atoms with Gasteiger partial charge in [-0.05, 0) is 24.1 Å². The van der Waals surface area contributed by atoms with Gasteiger partial charge < -0.3 is 5.32 Å². The Hall–Kier alpha value is -3.07. The molecule has 3 aromatic rings. The maximum Gasteiger partial charge on any atom is 0.325 e. The fourth-order valence-electron chi connectivity index (χ4n) is 3.59. The quantitative estimate of drug-likeness (QED) is 0.629. The molecule has 1 aromatic carbocycles. The highest BCUT2D eigenvalue weighted by atomic mass is 32.1. The number of urea groups is 1. The van der Waals surface area contributed by atoms with Crippen LogP contribution in [-0.4, -0.2) is 26.2 Å². The number of rotatable bonds is 6. The Bertz CT molecular complexity index is 1140. The van der Waals surface area contributed by atoms with Crippen LogP contribution in [0.1, 0.15) is 37.4 Å². The largest absolute Gasteiger partial charge is 0.325 e. The normalized spacial score (nSPS) is 19.2. The maximum absolute atomic E-state index is 13.4. The Morgan fingerprint density at radius 2 is 1.97 bits per heavy atom. The summed E-state index contributed by atoms with van der Waals surface area (Å²) in [5.74, 6) is -0.835. The number of carbonyl (C=O) groups is 2. The van der Waals surface area contributed by atoms with Crippen molar-refractivity contribution in [3.8, 4) is 0 Å². The third-order valence-electron chi connectivity index (χ3n) is 5.09. The summed E-state index contributed by atoms with van der Waals surface area (Å²) in [6.45, 7) is 1.88. The summed E-state index contributed by atoms with van der Waals surface area (Å²) >= 11 is 1.30. The molecule has 1 N–H and O–H groups in total. The first kappa shape index (κ1) is 19.3. The summed E-state index contributed by atoms with van der Waals surface area (Å²) in [6.07, 6.45) is 3.56. The van der Waals surface area contributed by atoms with Crippen LogP contribution in [0.15, 0.2) is 46.7 Å². The van der Waals surface area contributed by atoms with Crippen LogP contribution in [0, 0.1) is 5.82 Å². The lowest BCUT2D eigenvalue weighted by Crippen LogP contribution is -2.44. The summed E-state index contributed by atoms with van der Waals surface area (Å²) in [6, 6.07) is 6.37. The molecule has 3 heterocycles. The smallest absolute Gasteiger partial charge is 0.319 e. The zero-order chi connectivity index (χ0) is 20.6.